The molecule has 0 aliphatic rings. The summed E-state index contributed by atoms with van der Waals surface area (Å²) >= 11 is 0. The number of benzene rings is 1. The number of methoxy groups -OCH3 is 1. The molecule has 0 radical (unpaired) electrons. The van der Waals surface area contributed by atoms with Crippen molar-refractivity contribution in [2.45, 2.75) is 19.9 Å². The van der Waals surface area contributed by atoms with Gasteiger partial charge in [-0.2, -0.15) is 0 Å². The number of aliphatic hydroxyl groups is 1. The van der Waals surface area contributed by atoms with Crippen molar-refractivity contribution >= 4 is 11.9 Å². The molecular weight excluding hydrogens is 258 g/mol. The number of esters is 1. The summed E-state index contributed by atoms with van der Waals surface area (Å²) in [6.07, 6.45) is 0. The molecule has 0 aliphatic heterocycles. The van der Waals surface area contributed by atoms with Gasteiger partial charge in [0.25, 0.3) is 5.91 Å². The molecule has 0 fully saturated rings. The van der Waals surface area contributed by atoms with Gasteiger partial charge in [-0.3, -0.25) is 4.79 Å². The monoisotopic (exact) mass is 275 g/mol. The molecule has 1 amide bonds. The van der Waals surface area contributed by atoms with Crippen molar-refractivity contribution in [1.82, 2.24) is 5.32 Å². The van der Waals surface area contributed by atoms with E-state index in [1.807, 2.05) is 6.92 Å². The van der Waals surface area contributed by atoms with Gasteiger partial charge in [0.15, 0.2) is 0 Å². The maximum Gasteiger partial charge on any atom is 0.328 e. The molecule has 1 unspecified atom stereocenters. The number of nitrogens with one attached hydrogen (secondary N) is 1. The number of rotatable bonds is 3. The van der Waals surface area contributed by atoms with Gasteiger partial charge in [0, 0.05) is 11.1 Å². The number of hydrogen-bond acceptors (Lipinski definition) is 4. The lowest BCUT2D eigenvalue weighted by atomic mass is 10.0. The molecule has 1 atom stereocenters. The summed E-state index contributed by atoms with van der Waals surface area (Å²) in [6.45, 7) is 3.16. The SMILES string of the molecule is COC(=O)C(C)NC(=O)c1ccc(C#CCO)c(C)c1. The van der Waals surface area contributed by atoms with Crippen molar-refractivity contribution in [3.05, 3.63) is 34.9 Å². The highest BCUT2D eigenvalue weighted by Gasteiger charge is 2.17. The van der Waals surface area contributed by atoms with Crippen LogP contribution in [0.5, 0.6) is 0 Å². The Kier molecular flexibility index (Phi) is 5.75. The van der Waals surface area contributed by atoms with Gasteiger partial charge in [-0.15, -0.1) is 0 Å². The standard InChI is InChI=1S/C15H17NO4/c1-10-9-13(7-6-12(10)5-4-8-17)14(18)16-11(2)15(19)20-3/h6-7,9,11,17H,8H2,1-3H3,(H,16,18). The van der Waals surface area contributed by atoms with Crippen LogP contribution in [0.15, 0.2) is 18.2 Å². The van der Waals surface area contributed by atoms with Gasteiger partial charge in [0.05, 0.1) is 7.11 Å². The summed E-state index contributed by atoms with van der Waals surface area (Å²) in [4.78, 5) is 23.2. The van der Waals surface area contributed by atoms with Crippen molar-refractivity contribution in [3.8, 4) is 11.8 Å². The van der Waals surface area contributed by atoms with E-state index in [4.69, 9.17) is 5.11 Å². The van der Waals surface area contributed by atoms with Crippen LogP contribution in [0.1, 0.15) is 28.4 Å². The summed E-state index contributed by atoms with van der Waals surface area (Å²) in [5, 5.41) is 11.2. The second-order valence-electron chi connectivity index (χ2n) is 4.21. The molecular formula is C15H17NO4. The van der Waals surface area contributed by atoms with Gasteiger partial charge in [-0.25, -0.2) is 4.79 Å². The first-order chi connectivity index (χ1) is 9.49. The Labute approximate surface area is 117 Å². The van der Waals surface area contributed by atoms with Crippen molar-refractivity contribution in [2.24, 2.45) is 0 Å². The molecule has 0 aliphatic carbocycles. The van der Waals surface area contributed by atoms with E-state index in [9.17, 15) is 9.59 Å². The zero-order chi connectivity index (χ0) is 15.1. The molecule has 1 rings (SSSR count). The predicted molar refractivity (Wildman–Crippen MR) is 74.1 cm³/mol. The van der Waals surface area contributed by atoms with Crippen LogP contribution in [0, 0.1) is 18.8 Å². The number of hydrogen-bond donors (Lipinski definition) is 2. The number of aliphatic hydroxyl groups excluding tert-OH is 1. The number of aryl methyl sites for hydroxylation is 1. The molecule has 5 heteroatoms. The lowest BCUT2D eigenvalue weighted by Gasteiger charge is -2.12. The first kappa shape index (κ1) is 15.7. The van der Waals surface area contributed by atoms with Gasteiger partial charge >= 0.3 is 5.97 Å². The highest BCUT2D eigenvalue weighted by molar-refractivity contribution is 5.97. The lowest BCUT2D eigenvalue weighted by molar-refractivity contribution is -0.142. The van der Waals surface area contributed by atoms with Crippen LogP contribution in [0.2, 0.25) is 0 Å². The third-order valence-electron chi connectivity index (χ3n) is 2.69. The Hall–Kier alpha value is -2.32. The molecule has 1 aromatic rings. The quantitative estimate of drug-likeness (QED) is 0.626. The fraction of sp³-hybridized carbons (Fsp3) is 0.333. The van der Waals surface area contributed by atoms with E-state index in [0.29, 0.717) is 5.56 Å². The lowest BCUT2D eigenvalue weighted by Crippen LogP contribution is -2.39. The van der Waals surface area contributed by atoms with E-state index in [-0.39, 0.29) is 12.5 Å². The Bertz CT molecular complexity index is 569. The number of ether oxygens (including phenoxy) is 1. The molecule has 0 saturated heterocycles. The van der Waals surface area contributed by atoms with Crippen LogP contribution >= 0.6 is 0 Å². The average Bonchev–Trinajstić information content (AvgIpc) is 2.44. The molecule has 20 heavy (non-hydrogen) atoms. The highest BCUT2D eigenvalue weighted by Crippen LogP contribution is 2.10. The third-order valence-corrected chi connectivity index (χ3v) is 2.69. The Morgan fingerprint density at radius 1 is 1.45 bits per heavy atom. The fourth-order valence-electron chi connectivity index (χ4n) is 1.60. The topological polar surface area (TPSA) is 75.6 Å². The minimum absolute atomic E-state index is 0.210. The first-order valence-corrected chi connectivity index (χ1v) is 6.08. The highest BCUT2D eigenvalue weighted by atomic mass is 16.5. The largest absolute Gasteiger partial charge is 0.467 e. The van der Waals surface area contributed by atoms with E-state index < -0.39 is 12.0 Å². The van der Waals surface area contributed by atoms with Gasteiger partial charge in [-0.05, 0) is 37.6 Å². The van der Waals surface area contributed by atoms with E-state index in [1.54, 1.807) is 25.1 Å². The van der Waals surface area contributed by atoms with Gasteiger partial charge in [0.1, 0.15) is 12.6 Å². The molecule has 0 spiro atoms. The molecule has 1 aromatic carbocycles. The van der Waals surface area contributed by atoms with Crippen molar-refractivity contribution in [3.63, 3.8) is 0 Å². The van der Waals surface area contributed by atoms with E-state index in [1.165, 1.54) is 7.11 Å². The Morgan fingerprint density at radius 2 is 2.15 bits per heavy atom. The zero-order valence-electron chi connectivity index (χ0n) is 11.7. The fourth-order valence-corrected chi connectivity index (χ4v) is 1.60. The minimum atomic E-state index is -0.707. The smallest absolute Gasteiger partial charge is 0.328 e. The van der Waals surface area contributed by atoms with E-state index in [0.717, 1.165) is 11.1 Å². The number of carbonyl (C=O) groups is 2. The van der Waals surface area contributed by atoms with Crippen LogP contribution in [0.3, 0.4) is 0 Å². The summed E-state index contributed by atoms with van der Waals surface area (Å²) in [5.41, 5.74) is 2.01. The van der Waals surface area contributed by atoms with Crippen molar-refractivity contribution in [1.29, 1.82) is 0 Å². The maximum absolute atomic E-state index is 12.0. The molecule has 2 N–H and O–H groups in total. The molecule has 0 aromatic heterocycles. The predicted octanol–water partition coefficient (Wildman–Crippen LogP) is 0.630. The molecule has 5 nitrogen and oxygen atoms in total. The van der Waals surface area contributed by atoms with Crippen LogP contribution < -0.4 is 5.32 Å². The third kappa shape index (κ3) is 4.11. The van der Waals surface area contributed by atoms with Crippen molar-refractivity contribution in [2.75, 3.05) is 13.7 Å². The second kappa shape index (κ2) is 7.31. The molecule has 0 bridgehead atoms. The second-order valence-corrected chi connectivity index (χ2v) is 4.21. The van der Waals surface area contributed by atoms with E-state index >= 15 is 0 Å². The summed E-state index contributed by atoms with van der Waals surface area (Å²) in [6, 6.07) is 4.30. The van der Waals surface area contributed by atoms with Crippen LogP contribution in [-0.2, 0) is 9.53 Å². The molecule has 0 saturated carbocycles. The molecule has 106 valence electrons. The summed E-state index contributed by atoms with van der Waals surface area (Å²) in [5.74, 6) is 4.49. The average molecular weight is 275 g/mol. The summed E-state index contributed by atoms with van der Waals surface area (Å²) in [7, 11) is 1.27. The van der Waals surface area contributed by atoms with E-state index in [2.05, 4.69) is 21.9 Å². The Morgan fingerprint density at radius 3 is 2.70 bits per heavy atom. The van der Waals surface area contributed by atoms with Crippen LogP contribution in [0.4, 0.5) is 0 Å². The van der Waals surface area contributed by atoms with Gasteiger partial charge in [0.2, 0.25) is 0 Å². The Balaban J connectivity index is 2.85. The molecule has 0 heterocycles. The van der Waals surface area contributed by atoms with Crippen LogP contribution in [-0.4, -0.2) is 36.7 Å². The minimum Gasteiger partial charge on any atom is -0.467 e. The van der Waals surface area contributed by atoms with Crippen LogP contribution in [0.25, 0.3) is 0 Å². The van der Waals surface area contributed by atoms with Crippen molar-refractivity contribution < 1.29 is 19.4 Å². The number of carbonyl (C=O) groups excluding carboxylic acids is 2. The summed E-state index contributed by atoms with van der Waals surface area (Å²) < 4.78 is 4.54. The zero-order valence-corrected chi connectivity index (χ0v) is 11.7. The normalized spacial score (nSPS) is 11.0. The first-order valence-electron chi connectivity index (χ1n) is 6.08. The van der Waals surface area contributed by atoms with Gasteiger partial charge < -0.3 is 15.2 Å². The number of amides is 1. The maximum atomic E-state index is 12.0. The van der Waals surface area contributed by atoms with Gasteiger partial charge in [-0.1, -0.05) is 11.8 Å².